The molecule has 0 spiro atoms. The maximum atomic E-state index is 10.4. The molecule has 0 atom stereocenters. The van der Waals surface area contributed by atoms with Crippen molar-refractivity contribution in [3.63, 3.8) is 0 Å². The van der Waals surface area contributed by atoms with Crippen molar-refractivity contribution < 1.29 is 13.0 Å². The van der Waals surface area contributed by atoms with Crippen LogP contribution in [0.4, 0.5) is 5.69 Å². The zero-order valence-electron chi connectivity index (χ0n) is 9.91. The monoisotopic (exact) mass is 264 g/mol. The van der Waals surface area contributed by atoms with Gasteiger partial charge in [0.25, 0.3) is 0 Å². The van der Waals surface area contributed by atoms with E-state index < -0.39 is 10.1 Å². The molecule has 0 fully saturated rings. The number of anilines is 1. The van der Waals surface area contributed by atoms with Crippen molar-refractivity contribution >= 4 is 15.8 Å². The van der Waals surface area contributed by atoms with E-state index in [0.29, 0.717) is 0 Å². The zero-order chi connectivity index (χ0) is 13.6. The Labute approximate surface area is 107 Å². The lowest BCUT2D eigenvalue weighted by Gasteiger charge is -2.05. The predicted molar refractivity (Wildman–Crippen MR) is 70.0 cm³/mol. The second kappa shape index (κ2) is 6.18. The number of benzene rings is 2. The lowest BCUT2D eigenvalue weighted by molar-refractivity contribution is 0.463. The van der Waals surface area contributed by atoms with Gasteiger partial charge < -0.3 is 10.3 Å². The Bertz CT molecular complexity index is 577. The van der Waals surface area contributed by atoms with Gasteiger partial charge in [0.15, 0.2) is 0 Å². The van der Waals surface area contributed by atoms with Crippen LogP contribution in [0.5, 0.6) is 0 Å². The molecule has 0 heterocycles. The first-order valence-corrected chi connectivity index (χ1v) is 6.63. The summed E-state index contributed by atoms with van der Waals surface area (Å²) in [5.41, 5.74) is 7.11. The minimum atomic E-state index is -4.27. The molecule has 0 aliphatic heterocycles. The Hall–Kier alpha value is -1.85. The molecule has 0 radical (unpaired) electrons. The Kier molecular flexibility index (Phi) is 4.88. The van der Waals surface area contributed by atoms with E-state index in [1.54, 1.807) is 12.1 Å². The SMILES string of the molecule is Cc1ccc(S(=O)(=O)[O-])cc1.Nc1ccccc1. The second-order valence-corrected chi connectivity index (χ2v) is 5.06. The molecule has 0 bridgehead atoms. The highest BCUT2D eigenvalue weighted by Gasteiger charge is 1.97. The van der Waals surface area contributed by atoms with E-state index in [2.05, 4.69) is 0 Å². The second-order valence-electron chi connectivity index (χ2n) is 3.68. The summed E-state index contributed by atoms with van der Waals surface area (Å²) in [5.74, 6) is 0. The van der Waals surface area contributed by atoms with Crippen LogP contribution in [0.15, 0.2) is 59.5 Å². The van der Waals surface area contributed by atoms with Crippen molar-refractivity contribution in [2.75, 3.05) is 5.73 Å². The number of para-hydroxylation sites is 1. The summed E-state index contributed by atoms with van der Waals surface area (Å²) in [6, 6.07) is 15.3. The van der Waals surface area contributed by atoms with Gasteiger partial charge in [-0.25, -0.2) is 8.42 Å². The van der Waals surface area contributed by atoms with Crippen molar-refractivity contribution in [2.45, 2.75) is 11.8 Å². The molecule has 2 aromatic rings. The van der Waals surface area contributed by atoms with Crippen LogP contribution >= 0.6 is 0 Å². The van der Waals surface area contributed by atoms with Crippen LogP contribution in [-0.4, -0.2) is 13.0 Å². The quantitative estimate of drug-likeness (QED) is 0.632. The van der Waals surface area contributed by atoms with Gasteiger partial charge in [-0.05, 0) is 31.2 Å². The van der Waals surface area contributed by atoms with E-state index in [-0.39, 0.29) is 4.90 Å². The first-order chi connectivity index (χ1) is 8.39. The van der Waals surface area contributed by atoms with Gasteiger partial charge in [-0.15, -0.1) is 0 Å². The standard InChI is InChI=1S/C7H8O3S.C6H7N/c1-6-2-4-7(5-3-6)11(8,9)10;7-6-4-2-1-3-5-6/h2-5H,1H3,(H,8,9,10);1-5H,7H2/p-1. The van der Waals surface area contributed by atoms with Crippen LogP contribution in [-0.2, 0) is 10.1 Å². The molecule has 96 valence electrons. The Morgan fingerprint density at radius 2 is 1.44 bits per heavy atom. The maximum Gasteiger partial charge on any atom is 0.124 e. The third-order valence-corrected chi connectivity index (χ3v) is 2.96. The molecule has 0 saturated heterocycles. The fraction of sp³-hybridized carbons (Fsp3) is 0.0769. The molecule has 0 amide bonds. The van der Waals surface area contributed by atoms with Gasteiger partial charge in [0.2, 0.25) is 0 Å². The molecule has 5 heteroatoms. The average Bonchev–Trinajstić information content (AvgIpc) is 2.30. The average molecular weight is 264 g/mol. The molecule has 0 aromatic heterocycles. The van der Waals surface area contributed by atoms with Crippen LogP contribution in [0.3, 0.4) is 0 Å². The van der Waals surface area contributed by atoms with Gasteiger partial charge in [0, 0.05) is 5.69 Å². The highest BCUT2D eigenvalue weighted by atomic mass is 32.2. The van der Waals surface area contributed by atoms with Crippen molar-refractivity contribution in [1.82, 2.24) is 0 Å². The molecular weight excluding hydrogens is 250 g/mol. The molecule has 2 rings (SSSR count). The van der Waals surface area contributed by atoms with Crippen molar-refractivity contribution in [1.29, 1.82) is 0 Å². The van der Waals surface area contributed by atoms with Crippen LogP contribution < -0.4 is 5.73 Å². The lowest BCUT2D eigenvalue weighted by Crippen LogP contribution is -1.97. The first-order valence-electron chi connectivity index (χ1n) is 5.22. The molecule has 4 nitrogen and oxygen atoms in total. The van der Waals surface area contributed by atoms with E-state index in [4.69, 9.17) is 5.73 Å². The van der Waals surface area contributed by atoms with Crippen LogP contribution in [0.25, 0.3) is 0 Å². The third kappa shape index (κ3) is 4.99. The number of hydrogen-bond donors (Lipinski definition) is 1. The summed E-state index contributed by atoms with van der Waals surface area (Å²) in [6.45, 7) is 1.82. The summed E-state index contributed by atoms with van der Waals surface area (Å²) in [4.78, 5) is -0.178. The molecule has 0 saturated carbocycles. The van der Waals surface area contributed by atoms with Gasteiger partial charge in [-0.1, -0.05) is 35.9 Å². The summed E-state index contributed by atoms with van der Waals surface area (Å²) >= 11 is 0. The number of rotatable bonds is 1. The van der Waals surface area contributed by atoms with Gasteiger partial charge >= 0.3 is 0 Å². The zero-order valence-corrected chi connectivity index (χ0v) is 10.7. The van der Waals surface area contributed by atoms with Crippen molar-refractivity contribution in [3.05, 3.63) is 60.2 Å². The number of hydrogen-bond acceptors (Lipinski definition) is 4. The largest absolute Gasteiger partial charge is 0.744 e. The van der Waals surface area contributed by atoms with Gasteiger partial charge in [0.05, 0.1) is 4.90 Å². The van der Waals surface area contributed by atoms with E-state index in [1.165, 1.54) is 12.1 Å². The molecule has 0 aliphatic rings. The summed E-state index contributed by atoms with van der Waals surface area (Å²) in [5, 5.41) is 0. The van der Waals surface area contributed by atoms with E-state index in [0.717, 1.165) is 11.3 Å². The van der Waals surface area contributed by atoms with Crippen LogP contribution in [0.1, 0.15) is 5.56 Å². The fourth-order valence-corrected chi connectivity index (χ4v) is 1.63. The number of nitrogens with two attached hydrogens (primary N) is 1. The van der Waals surface area contributed by atoms with E-state index >= 15 is 0 Å². The normalized spacial score (nSPS) is 10.3. The Morgan fingerprint density at radius 3 is 1.78 bits per heavy atom. The molecule has 18 heavy (non-hydrogen) atoms. The molecular formula is C13H14NO3S-. The number of aryl methyl sites for hydroxylation is 1. The van der Waals surface area contributed by atoms with Gasteiger partial charge in [-0.3, -0.25) is 0 Å². The first kappa shape index (κ1) is 14.2. The van der Waals surface area contributed by atoms with Crippen molar-refractivity contribution in [2.24, 2.45) is 0 Å². The van der Waals surface area contributed by atoms with Crippen molar-refractivity contribution in [3.8, 4) is 0 Å². The number of nitrogen functional groups attached to an aromatic ring is 1. The molecule has 2 N–H and O–H groups in total. The van der Waals surface area contributed by atoms with Crippen LogP contribution in [0, 0.1) is 6.92 Å². The van der Waals surface area contributed by atoms with Gasteiger partial charge in [0.1, 0.15) is 10.1 Å². The smallest absolute Gasteiger partial charge is 0.124 e. The van der Waals surface area contributed by atoms with E-state index in [9.17, 15) is 13.0 Å². The summed E-state index contributed by atoms with van der Waals surface area (Å²) in [6.07, 6.45) is 0. The minimum Gasteiger partial charge on any atom is -0.744 e. The van der Waals surface area contributed by atoms with E-state index in [1.807, 2.05) is 37.3 Å². The molecule has 2 aromatic carbocycles. The summed E-state index contributed by atoms with van der Waals surface area (Å²) in [7, 11) is -4.27. The Balaban J connectivity index is 0.000000199. The third-order valence-electron chi connectivity index (χ3n) is 2.11. The predicted octanol–water partition coefficient (Wildman–Crippen LogP) is 2.17. The molecule has 0 unspecified atom stereocenters. The topological polar surface area (TPSA) is 83.2 Å². The molecule has 0 aliphatic carbocycles. The maximum absolute atomic E-state index is 10.4. The minimum absolute atomic E-state index is 0.178. The Morgan fingerprint density at radius 1 is 0.944 bits per heavy atom. The highest BCUT2D eigenvalue weighted by molar-refractivity contribution is 7.85. The lowest BCUT2D eigenvalue weighted by atomic mass is 10.2. The van der Waals surface area contributed by atoms with Crippen LogP contribution in [0.2, 0.25) is 0 Å². The highest BCUT2D eigenvalue weighted by Crippen LogP contribution is 2.08. The summed E-state index contributed by atoms with van der Waals surface area (Å²) < 4.78 is 31.2. The van der Waals surface area contributed by atoms with Gasteiger partial charge in [-0.2, -0.15) is 0 Å². The fourth-order valence-electron chi connectivity index (χ4n) is 1.16.